The zero-order valence-corrected chi connectivity index (χ0v) is 26.3. The molecule has 5 rings (SSSR count). The molecule has 3 aliphatic rings. The Hall–Kier alpha value is -2.25. The Morgan fingerprint density at radius 3 is 2.48 bits per heavy atom. The molecule has 7 heteroatoms. The first-order valence-electron chi connectivity index (χ1n) is 16.7. The highest BCUT2D eigenvalue weighted by atomic mass is 19.1. The molecule has 1 aromatic heterocycles. The number of hydrogen-bond acceptors (Lipinski definition) is 4. The van der Waals surface area contributed by atoms with Gasteiger partial charge in [0.2, 0.25) is 0 Å². The molecule has 6 nitrogen and oxygen atoms in total. The molecule has 2 saturated carbocycles. The van der Waals surface area contributed by atoms with Crippen molar-refractivity contribution in [3.8, 4) is 0 Å². The summed E-state index contributed by atoms with van der Waals surface area (Å²) in [5.41, 5.74) is 3.78. The number of benzene rings is 1. The van der Waals surface area contributed by atoms with E-state index in [0.717, 1.165) is 69.8 Å². The highest BCUT2D eigenvalue weighted by Gasteiger charge is 2.42. The van der Waals surface area contributed by atoms with Gasteiger partial charge in [0.1, 0.15) is 11.9 Å². The maximum absolute atomic E-state index is 14.3. The third-order valence-electron chi connectivity index (χ3n) is 10.7. The number of carboxylic acids is 1. The van der Waals surface area contributed by atoms with Crippen LogP contribution in [-0.4, -0.2) is 69.4 Å². The molecule has 2 aliphatic carbocycles. The van der Waals surface area contributed by atoms with Gasteiger partial charge in [-0.25, -0.2) is 4.39 Å². The number of carboxylic acid groups (broad SMARTS) is 1. The second kappa shape index (κ2) is 14.0. The fraction of sp³-hybridized carbons (Fsp3) is 0.714. The summed E-state index contributed by atoms with van der Waals surface area (Å²) in [4.78, 5) is 16.8. The van der Waals surface area contributed by atoms with Gasteiger partial charge >= 0.3 is 5.97 Å². The minimum atomic E-state index is -0.756. The number of carbonyl (C=O) groups is 1. The summed E-state index contributed by atoms with van der Waals surface area (Å²) < 4.78 is 16.6. The Kier molecular flexibility index (Phi) is 10.4. The normalized spacial score (nSPS) is 25.5. The summed E-state index contributed by atoms with van der Waals surface area (Å²) in [5, 5.41) is 15.0. The fourth-order valence-corrected chi connectivity index (χ4v) is 8.53. The molecule has 2 aromatic rings. The van der Waals surface area contributed by atoms with Crippen LogP contribution in [0.5, 0.6) is 0 Å². The van der Waals surface area contributed by atoms with Crippen molar-refractivity contribution in [1.82, 2.24) is 19.6 Å². The van der Waals surface area contributed by atoms with Crippen LogP contribution in [0.15, 0.2) is 30.3 Å². The molecule has 42 heavy (non-hydrogen) atoms. The smallest absolute Gasteiger partial charge is 0.321 e. The summed E-state index contributed by atoms with van der Waals surface area (Å²) in [6.07, 6.45) is 12.1. The van der Waals surface area contributed by atoms with Gasteiger partial charge in [-0.15, -0.1) is 0 Å². The minimum absolute atomic E-state index is 0.0259. The number of aliphatic carboxylic acids is 1. The largest absolute Gasteiger partial charge is 0.480 e. The van der Waals surface area contributed by atoms with E-state index >= 15 is 0 Å². The van der Waals surface area contributed by atoms with Crippen LogP contribution >= 0.6 is 0 Å². The maximum atomic E-state index is 14.3. The van der Waals surface area contributed by atoms with Crippen molar-refractivity contribution >= 4 is 5.97 Å². The highest BCUT2D eigenvalue weighted by molar-refractivity contribution is 5.73. The Bertz CT molecular complexity index is 1170. The van der Waals surface area contributed by atoms with Crippen molar-refractivity contribution in [3.05, 3.63) is 53.1 Å². The van der Waals surface area contributed by atoms with Crippen LogP contribution < -0.4 is 0 Å². The lowest BCUT2D eigenvalue weighted by Crippen LogP contribution is -2.47. The average molecular weight is 581 g/mol. The second-order valence-electron chi connectivity index (χ2n) is 13.9. The second-order valence-corrected chi connectivity index (χ2v) is 13.9. The molecule has 0 bridgehead atoms. The molecule has 232 valence electrons. The van der Waals surface area contributed by atoms with E-state index in [1.165, 1.54) is 49.6 Å². The van der Waals surface area contributed by atoms with E-state index in [1.807, 2.05) is 27.0 Å². The molecule has 1 aliphatic heterocycles. The van der Waals surface area contributed by atoms with Gasteiger partial charge in [0.25, 0.3) is 0 Å². The quantitative estimate of drug-likeness (QED) is 0.312. The number of aryl methyl sites for hydroxylation is 1. The summed E-state index contributed by atoms with van der Waals surface area (Å²) >= 11 is 0. The first-order chi connectivity index (χ1) is 20.2. The van der Waals surface area contributed by atoms with Crippen LogP contribution in [0.1, 0.15) is 107 Å². The van der Waals surface area contributed by atoms with E-state index in [2.05, 4.69) is 33.5 Å². The lowest BCUT2D eigenvalue weighted by Gasteiger charge is -2.35. The summed E-state index contributed by atoms with van der Waals surface area (Å²) in [7, 11) is 1.97. The number of likely N-dealkylation sites (tertiary alicyclic amines) is 1. The third kappa shape index (κ3) is 7.27. The Morgan fingerprint density at radius 1 is 1.10 bits per heavy atom. The molecule has 0 unspecified atom stereocenters. The number of rotatable bonds is 11. The molecule has 0 spiro atoms. The van der Waals surface area contributed by atoms with Crippen LogP contribution in [0.4, 0.5) is 4.39 Å². The monoisotopic (exact) mass is 580 g/mol. The molecule has 0 radical (unpaired) electrons. The Morgan fingerprint density at radius 2 is 1.83 bits per heavy atom. The third-order valence-corrected chi connectivity index (χ3v) is 10.7. The molecule has 0 amide bonds. The number of hydrogen-bond donors (Lipinski definition) is 1. The Labute approximate surface area is 252 Å². The average Bonchev–Trinajstić information content (AvgIpc) is 3.58. The van der Waals surface area contributed by atoms with Gasteiger partial charge in [0, 0.05) is 30.7 Å². The number of aromatic nitrogens is 2. The molecule has 3 fully saturated rings. The van der Waals surface area contributed by atoms with E-state index in [-0.39, 0.29) is 23.7 Å². The van der Waals surface area contributed by atoms with Crippen LogP contribution in [0, 0.1) is 23.6 Å². The lowest BCUT2D eigenvalue weighted by atomic mass is 9.85. The molecule has 2 heterocycles. The van der Waals surface area contributed by atoms with E-state index < -0.39 is 12.0 Å². The maximum Gasteiger partial charge on any atom is 0.321 e. The van der Waals surface area contributed by atoms with Crippen molar-refractivity contribution in [2.24, 2.45) is 17.8 Å². The molecular formula is C35H53FN4O2. The van der Waals surface area contributed by atoms with Crippen LogP contribution in [0.25, 0.3) is 0 Å². The predicted molar refractivity (Wildman–Crippen MR) is 166 cm³/mol. The summed E-state index contributed by atoms with van der Waals surface area (Å²) in [5.74, 6) is 1.05. The molecule has 1 N–H and O–H groups in total. The van der Waals surface area contributed by atoms with Crippen LogP contribution in [0.2, 0.25) is 0 Å². The van der Waals surface area contributed by atoms with Gasteiger partial charge < -0.3 is 10.0 Å². The van der Waals surface area contributed by atoms with Gasteiger partial charge in [-0.05, 0) is 107 Å². The topological polar surface area (TPSA) is 61.6 Å². The molecular weight excluding hydrogens is 527 g/mol. The Balaban J connectivity index is 1.24. The van der Waals surface area contributed by atoms with E-state index in [4.69, 9.17) is 5.10 Å². The zero-order chi connectivity index (χ0) is 29.8. The molecule has 1 saturated heterocycles. The standard InChI is InChI=1S/C35H53FN4O2/c1-5-40-33(21-30(37-40)18-25-10-7-6-8-11-25)26-14-16-39(17-15-26)23-28-20-31(38(4)34(24(2)3)35(41)42)22-32(28)27-12-9-13-29(36)19-27/h9,12-13,19,21,24-26,28,31-32,34H,5-8,10-11,14-18,20,22-23H2,1-4H3,(H,41,42)/t28-,31+,32-,34-/m1/s1. The highest BCUT2D eigenvalue weighted by Crippen LogP contribution is 2.44. The SMILES string of the molecule is CCn1nc(CC2CCCCC2)cc1C1CCN(C[C@H]2C[C@H](N(C)[C@@H](C(=O)O)C(C)C)C[C@@H]2c2cccc(F)c2)CC1. The first kappa shape index (κ1) is 31.2. The lowest BCUT2D eigenvalue weighted by molar-refractivity contribution is -0.145. The van der Waals surface area contributed by atoms with Gasteiger partial charge in [-0.3, -0.25) is 14.4 Å². The summed E-state index contributed by atoms with van der Waals surface area (Å²) in [6.45, 7) is 10.2. The van der Waals surface area contributed by atoms with Crippen molar-refractivity contribution in [2.45, 2.75) is 115 Å². The van der Waals surface area contributed by atoms with Gasteiger partial charge in [-0.2, -0.15) is 5.10 Å². The van der Waals surface area contributed by atoms with Crippen molar-refractivity contribution < 1.29 is 14.3 Å². The van der Waals surface area contributed by atoms with E-state index in [1.54, 1.807) is 6.07 Å². The zero-order valence-electron chi connectivity index (χ0n) is 26.3. The van der Waals surface area contributed by atoms with E-state index in [0.29, 0.717) is 11.8 Å². The fourth-order valence-electron chi connectivity index (χ4n) is 8.53. The van der Waals surface area contributed by atoms with Crippen molar-refractivity contribution in [3.63, 3.8) is 0 Å². The van der Waals surface area contributed by atoms with Gasteiger partial charge in [0.05, 0.1) is 5.69 Å². The number of piperidine rings is 1. The van der Waals surface area contributed by atoms with E-state index in [9.17, 15) is 14.3 Å². The van der Waals surface area contributed by atoms with Gasteiger partial charge in [-0.1, -0.05) is 58.1 Å². The number of nitrogens with zero attached hydrogens (tertiary/aromatic N) is 4. The number of halogens is 1. The van der Waals surface area contributed by atoms with Crippen molar-refractivity contribution in [2.75, 3.05) is 26.7 Å². The van der Waals surface area contributed by atoms with Crippen LogP contribution in [-0.2, 0) is 17.8 Å². The van der Waals surface area contributed by atoms with Gasteiger partial charge in [0.15, 0.2) is 0 Å². The first-order valence-corrected chi connectivity index (χ1v) is 16.7. The molecule has 1 aromatic carbocycles. The summed E-state index contributed by atoms with van der Waals surface area (Å²) in [6, 6.07) is 9.17. The van der Waals surface area contributed by atoms with Crippen molar-refractivity contribution in [1.29, 1.82) is 0 Å². The number of likely N-dealkylation sites (N-methyl/N-ethyl adjacent to an activating group) is 1. The minimum Gasteiger partial charge on any atom is -0.480 e. The molecule has 4 atom stereocenters. The van der Waals surface area contributed by atoms with Crippen LogP contribution in [0.3, 0.4) is 0 Å². The predicted octanol–water partition coefficient (Wildman–Crippen LogP) is 6.95.